The van der Waals surface area contributed by atoms with Crippen molar-refractivity contribution in [3.05, 3.63) is 23.4 Å². The minimum Gasteiger partial charge on any atom is -0.480 e. The normalized spacial score (nSPS) is 9.11. The predicted octanol–water partition coefficient (Wildman–Crippen LogP) is 1.54. The number of rotatable bonds is 1. The quantitative estimate of drug-likeness (QED) is 0.594. The van der Waals surface area contributed by atoms with E-state index in [2.05, 4.69) is 11.2 Å². The Kier molecular flexibility index (Phi) is 1.90. The van der Waals surface area contributed by atoms with Crippen molar-refractivity contribution < 1.29 is 4.74 Å². The molecule has 0 N–H and O–H groups in total. The summed E-state index contributed by atoms with van der Waals surface area (Å²) in [6.45, 7) is 0. The highest BCUT2D eigenvalue weighted by Crippen LogP contribution is 2.18. The molecule has 0 aromatic carbocycles. The SMILES string of the molecule is COc1n[c]ccc1Cl. The van der Waals surface area contributed by atoms with Crippen molar-refractivity contribution in [3.8, 4) is 5.88 Å². The Hall–Kier alpha value is -0.760. The van der Waals surface area contributed by atoms with Crippen molar-refractivity contribution in [1.82, 2.24) is 4.98 Å². The second kappa shape index (κ2) is 2.69. The Bertz CT molecular complexity index is 202. The van der Waals surface area contributed by atoms with Gasteiger partial charge in [0.2, 0.25) is 5.88 Å². The zero-order chi connectivity index (χ0) is 6.69. The first kappa shape index (κ1) is 6.36. The molecule has 0 amide bonds. The van der Waals surface area contributed by atoms with Crippen molar-refractivity contribution >= 4 is 11.6 Å². The lowest BCUT2D eigenvalue weighted by molar-refractivity contribution is 0.398. The predicted molar refractivity (Wildman–Crippen MR) is 34.6 cm³/mol. The van der Waals surface area contributed by atoms with Gasteiger partial charge in [0.15, 0.2) is 0 Å². The topological polar surface area (TPSA) is 22.1 Å². The summed E-state index contributed by atoms with van der Waals surface area (Å²) in [5, 5.41) is 0.510. The highest BCUT2D eigenvalue weighted by Gasteiger charge is 1.96. The van der Waals surface area contributed by atoms with E-state index >= 15 is 0 Å². The van der Waals surface area contributed by atoms with Crippen LogP contribution in [0.2, 0.25) is 5.02 Å². The minimum atomic E-state index is 0.416. The molecule has 1 radical (unpaired) electrons. The van der Waals surface area contributed by atoms with Crippen molar-refractivity contribution in [2.24, 2.45) is 0 Å². The van der Waals surface area contributed by atoms with E-state index in [9.17, 15) is 0 Å². The van der Waals surface area contributed by atoms with Crippen LogP contribution < -0.4 is 4.74 Å². The van der Waals surface area contributed by atoms with Crippen LogP contribution in [0.5, 0.6) is 5.88 Å². The molecule has 47 valence electrons. The molecule has 0 bridgehead atoms. The summed E-state index contributed by atoms with van der Waals surface area (Å²) in [7, 11) is 1.52. The molecule has 0 fully saturated rings. The van der Waals surface area contributed by atoms with Crippen LogP contribution in [0, 0.1) is 6.20 Å². The number of aromatic nitrogens is 1. The number of methoxy groups -OCH3 is 1. The highest BCUT2D eigenvalue weighted by atomic mass is 35.5. The van der Waals surface area contributed by atoms with Crippen LogP contribution in [-0.2, 0) is 0 Å². The summed E-state index contributed by atoms with van der Waals surface area (Å²) in [6, 6.07) is 3.30. The van der Waals surface area contributed by atoms with Gasteiger partial charge in [0, 0.05) is 0 Å². The summed E-state index contributed by atoms with van der Waals surface area (Å²) in [6.07, 6.45) is 2.59. The minimum absolute atomic E-state index is 0.416. The maximum absolute atomic E-state index is 5.62. The molecule has 0 aliphatic rings. The van der Waals surface area contributed by atoms with Gasteiger partial charge >= 0.3 is 0 Å². The number of hydrogen-bond acceptors (Lipinski definition) is 2. The van der Waals surface area contributed by atoms with Crippen LogP contribution in [0.25, 0.3) is 0 Å². The molecule has 2 nitrogen and oxygen atoms in total. The average molecular weight is 143 g/mol. The van der Waals surface area contributed by atoms with E-state index in [-0.39, 0.29) is 0 Å². The summed E-state index contributed by atoms with van der Waals surface area (Å²) >= 11 is 5.62. The lowest BCUT2D eigenvalue weighted by Gasteiger charge is -1.96. The number of nitrogens with zero attached hydrogens (tertiary/aromatic N) is 1. The van der Waals surface area contributed by atoms with Gasteiger partial charge in [-0.05, 0) is 12.1 Å². The molecule has 1 heterocycles. The summed E-state index contributed by atoms with van der Waals surface area (Å²) < 4.78 is 4.77. The zero-order valence-electron chi connectivity index (χ0n) is 4.89. The molecular weight excluding hydrogens is 138 g/mol. The molecule has 1 rings (SSSR count). The molecule has 0 saturated heterocycles. The molecule has 9 heavy (non-hydrogen) atoms. The molecule has 0 atom stereocenters. The smallest absolute Gasteiger partial charge is 0.232 e. The van der Waals surface area contributed by atoms with Crippen LogP contribution in [0.1, 0.15) is 0 Å². The van der Waals surface area contributed by atoms with Gasteiger partial charge in [0.05, 0.1) is 13.3 Å². The Balaban J connectivity index is 3.01. The number of hydrogen-bond donors (Lipinski definition) is 0. The molecule has 0 unspecified atom stereocenters. The molecule has 1 aromatic heterocycles. The van der Waals surface area contributed by atoms with Gasteiger partial charge in [0.1, 0.15) is 5.02 Å². The molecule has 1 aromatic rings. The van der Waals surface area contributed by atoms with Crippen LogP contribution in [0.15, 0.2) is 12.1 Å². The first-order chi connectivity index (χ1) is 4.34. The number of pyridine rings is 1. The maximum atomic E-state index is 5.62. The lowest BCUT2D eigenvalue weighted by atomic mass is 10.5. The molecular formula is C6H5ClNO. The summed E-state index contributed by atoms with van der Waals surface area (Å²) in [5.74, 6) is 0.416. The van der Waals surface area contributed by atoms with Gasteiger partial charge in [-0.1, -0.05) is 11.6 Å². The largest absolute Gasteiger partial charge is 0.480 e. The molecule has 0 aliphatic carbocycles. The summed E-state index contributed by atoms with van der Waals surface area (Å²) in [5.41, 5.74) is 0. The van der Waals surface area contributed by atoms with Crippen molar-refractivity contribution in [2.45, 2.75) is 0 Å². The number of halogens is 1. The molecule has 0 aliphatic heterocycles. The lowest BCUT2D eigenvalue weighted by Crippen LogP contribution is -1.86. The number of ether oxygens (including phenoxy) is 1. The van der Waals surface area contributed by atoms with Gasteiger partial charge in [-0.3, -0.25) is 0 Å². The van der Waals surface area contributed by atoms with Crippen LogP contribution >= 0.6 is 11.6 Å². The first-order valence-electron chi connectivity index (χ1n) is 2.41. The van der Waals surface area contributed by atoms with Crippen LogP contribution in [0.4, 0.5) is 0 Å². The Morgan fingerprint density at radius 3 is 3.00 bits per heavy atom. The van der Waals surface area contributed by atoms with E-state index in [4.69, 9.17) is 16.3 Å². The Labute approximate surface area is 58.4 Å². The van der Waals surface area contributed by atoms with E-state index < -0.39 is 0 Å². The van der Waals surface area contributed by atoms with E-state index in [0.717, 1.165) is 0 Å². The van der Waals surface area contributed by atoms with Gasteiger partial charge in [-0.2, -0.15) is 0 Å². The monoisotopic (exact) mass is 142 g/mol. The molecule has 0 spiro atoms. The van der Waals surface area contributed by atoms with Gasteiger partial charge < -0.3 is 4.74 Å². The Morgan fingerprint density at radius 1 is 1.78 bits per heavy atom. The average Bonchev–Trinajstić information content (AvgIpc) is 1.89. The van der Waals surface area contributed by atoms with Crippen LogP contribution in [-0.4, -0.2) is 12.1 Å². The van der Waals surface area contributed by atoms with Crippen LogP contribution in [0.3, 0.4) is 0 Å². The summed E-state index contributed by atoms with van der Waals surface area (Å²) in [4.78, 5) is 3.72. The third-order valence-electron chi connectivity index (χ3n) is 0.868. The van der Waals surface area contributed by atoms with E-state index in [1.54, 1.807) is 12.1 Å². The zero-order valence-corrected chi connectivity index (χ0v) is 5.64. The van der Waals surface area contributed by atoms with Crippen molar-refractivity contribution in [2.75, 3.05) is 7.11 Å². The molecule has 3 heteroatoms. The Morgan fingerprint density at radius 2 is 2.56 bits per heavy atom. The second-order valence-corrected chi connectivity index (χ2v) is 1.84. The maximum Gasteiger partial charge on any atom is 0.232 e. The highest BCUT2D eigenvalue weighted by molar-refractivity contribution is 6.31. The fourth-order valence-electron chi connectivity index (χ4n) is 0.474. The van der Waals surface area contributed by atoms with E-state index in [1.807, 2.05) is 0 Å². The van der Waals surface area contributed by atoms with E-state index in [1.165, 1.54) is 7.11 Å². The molecule has 0 saturated carbocycles. The standard InChI is InChI=1S/C6H5ClNO/c1-9-6-5(7)3-2-4-8-6/h2-3H,1H3. The first-order valence-corrected chi connectivity index (χ1v) is 2.79. The fraction of sp³-hybridized carbons (Fsp3) is 0.167. The van der Waals surface area contributed by atoms with Crippen molar-refractivity contribution in [1.29, 1.82) is 0 Å². The van der Waals surface area contributed by atoms with Gasteiger partial charge in [0.25, 0.3) is 0 Å². The van der Waals surface area contributed by atoms with Crippen molar-refractivity contribution in [3.63, 3.8) is 0 Å². The third-order valence-corrected chi connectivity index (χ3v) is 1.16. The van der Waals surface area contributed by atoms with Gasteiger partial charge in [-0.15, -0.1) is 0 Å². The fourth-order valence-corrected chi connectivity index (χ4v) is 0.657. The van der Waals surface area contributed by atoms with Gasteiger partial charge in [-0.25, -0.2) is 4.98 Å². The van der Waals surface area contributed by atoms with E-state index in [0.29, 0.717) is 10.9 Å². The second-order valence-electron chi connectivity index (χ2n) is 1.43. The third kappa shape index (κ3) is 1.33.